The molecular weight excluding hydrogens is 488 g/mol. The number of rotatable bonds is 8. The van der Waals surface area contributed by atoms with Crippen LogP contribution in [0.4, 0.5) is 26.3 Å². The second-order valence-electron chi connectivity index (χ2n) is 5.96. The Balaban J connectivity index is 1.98. The molecule has 0 spiro atoms. The van der Waals surface area contributed by atoms with Gasteiger partial charge in [-0.25, -0.2) is 9.13 Å². The van der Waals surface area contributed by atoms with Crippen LogP contribution in [0.5, 0.6) is 5.75 Å². The lowest BCUT2D eigenvalue weighted by Crippen LogP contribution is -2.41. The van der Waals surface area contributed by atoms with E-state index >= 15 is 0 Å². The zero-order valence-corrected chi connectivity index (χ0v) is 17.2. The molecule has 166 valence electrons. The molecule has 0 aliphatic carbocycles. The number of benzene rings is 1. The maximum absolute atomic E-state index is 13.4. The number of hydrogen-bond acceptors (Lipinski definition) is 4. The Morgan fingerprint density at radius 2 is 1.83 bits per heavy atom. The van der Waals surface area contributed by atoms with Crippen molar-refractivity contribution in [1.82, 2.24) is 15.1 Å². The number of ether oxygens (including phenoxy) is 2. The van der Waals surface area contributed by atoms with Crippen molar-refractivity contribution in [2.24, 2.45) is 7.05 Å². The smallest absolute Gasteiger partial charge is 0.429 e. The van der Waals surface area contributed by atoms with Gasteiger partial charge < -0.3 is 10.1 Å². The molecule has 1 atom stereocenters. The number of nitrogens with one attached hydrogen (secondary N) is 1. The summed E-state index contributed by atoms with van der Waals surface area (Å²) in [7, 11) is 1.60. The molecule has 1 unspecified atom stereocenters. The first-order valence-electron chi connectivity index (χ1n) is 8.38. The van der Waals surface area contributed by atoms with Crippen LogP contribution in [0.25, 0.3) is 0 Å². The molecule has 1 N–H and O–H groups in total. The highest BCUT2D eigenvalue weighted by Crippen LogP contribution is 2.31. The van der Waals surface area contributed by atoms with Gasteiger partial charge in [-0.2, -0.15) is 13.9 Å². The van der Waals surface area contributed by atoms with Crippen LogP contribution < -0.4 is 10.1 Å². The fourth-order valence-corrected chi connectivity index (χ4v) is 3.15. The van der Waals surface area contributed by atoms with Crippen molar-refractivity contribution < 1.29 is 40.6 Å². The van der Waals surface area contributed by atoms with Crippen molar-refractivity contribution in [2.45, 2.75) is 38.7 Å². The van der Waals surface area contributed by atoms with E-state index in [-0.39, 0.29) is 6.54 Å². The molecule has 0 bridgehead atoms. The molecule has 1 aromatic heterocycles. The highest BCUT2D eigenvalue weighted by atomic mass is 79.9. The van der Waals surface area contributed by atoms with Crippen molar-refractivity contribution in [3.63, 3.8) is 0 Å². The lowest BCUT2D eigenvalue weighted by Gasteiger charge is -2.22. The Morgan fingerprint density at radius 3 is 2.33 bits per heavy atom. The van der Waals surface area contributed by atoms with Gasteiger partial charge in [0, 0.05) is 13.6 Å². The first-order valence-corrected chi connectivity index (χ1v) is 9.17. The van der Waals surface area contributed by atoms with Crippen molar-refractivity contribution in [1.29, 1.82) is 0 Å². The number of aromatic nitrogens is 2. The quantitative estimate of drug-likeness (QED) is 0.539. The predicted octanol–water partition coefficient (Wildman–Crippen LogP) is 4.48. The molecule has 1 heterocycles. The molecule has 6 nitrogen and oxygen atoms in total. The van der Waals surface area contributed by atoms with E-state index in [1.54, 1.807) is 7.05 Å². The lowest BCUT2D eigenvalue weighted by atomic mass is 10.2. The minimum atomic E-state index is -5.59. The summed E-state index contributed by atoms with van der Waals surface area (Å²) >= 11 is 3.31. The molecule has 2 aromatic rings. The van der Waals surface area contributed by atoms with E-state index in [0.717, 1.165) is 12.1 Å². The average Bonchev–Trinajstić information content (AvgIpc) is 2.92. The SMILES string of the molecule is CCc1nn(C)c(C(=O)NCc2ccc(OC(F)(F)C(F)OC(F)(F)F)cc2)c1Br. The lowest BCUT2D eigenvalue weighted by molar-refractivity contribution is -0.411. The average molecular weight is 504 g/mol. The summed E-state index contributed by atoms with van der Waals surface area (Å²) in [5.41, 5.74) is 1.47. The van der Waals surface area contributed by atoms with E-state index in [1.807, 2.05) is 6.92 Å². The molecule has 1 aromatic carbocycles. The summed E-state index contributed by atoms with van der Waals surface area (Å²) in [4.78, 5) is 12.4. The van der Waals surface area contributed by atoms with Gasteiger partial charge >= 0.3 is 18.8 Å². The van der Waals surface area contributed by atoms with Crippen LogP contribution >= 0.6 is 15.9 Å². The van der Waals surface area contributed by atoms with Crippen LogP contribution in [0.3, 0.4) is 0 Å². The fraction of sp³-hybridized carbons (Fsp3) is 0.412. The largest absolute Gasteiger partial charge is 0.525 e. The molecule has 0 radical (unpaired) electrons. The summed E-state index contributed by atoms with van der Waals surface area (Å²) < 4.78 is 84.0. The van der Waals surface area contributed by atoms with E-state index in [9.17, 15) is 31.1 Å². The van der Waals surface area contributed by atoms with E-state index in [1.165, 1.54) is 16.8 Å². The Hall–Kier alpha value is -2.28. The van der Waals surface area contributed by atoms with Gasteiger partial charge in [-0.1, -0.05) is 19.1 Å². The van der Waals surface area contributed by atoms with Crippen LogP contribution in [0, 0.1) is 0 Å². The third-order valence-corrected chi connectivity index (χ3v) is 4.57. The molecule has 2 rings (SSSR count). The second-order valence-corrected chi connectivity index (χ2v) is 6.75. The Morgan fingerprint density at radius 1 is 1.23 bits per heavy atom. The first-order chi connectivity index (χ1) is 13.8. The molecule has 0 aliphatic heterocycles. The number of halogens is 7. The Kier molecular flexibility index (Phi) is 7.40. The van der Waals surface area contributed by atoms with Gasteiger partial charge in [0.2, 0.25) is 0 Å². The topological polar surface area (TPSA) is 65.4 Å². The minimum absolute atomic E-state index is 0.0114. The highest BCUT2D eigenvalue weighted by Gasteiger charge is 2.50. The number of aryl methyl sites for hydroxylation is 2. The molecular formula is C17H16BrF6N3O3. The number of carbonyl (C=O) groups excluding carboxylic acids is 1. The molecule has 0 saturated heterocycles. The Labute approximate surface area is 175 Å². The van der Waals surface area contributed by atoms with Crippen LogP contribution in [0.2, 0.25) is 0 Å². The molecule has 30 heavy (non-hydrogen) atoms. The van der Waals surface area contributed by atoms with Gasteiger partial charge in [0.1, 0.15) is 11.4 Å². The zero-order chi connectivity index (χ0) is 22.7. The number of amides is 1. The summed E-state index contributed by atoms with van der Waals surface area (Å²) in [5, 5.41) is 6.82. The summed E-state index contributed by atoms with van der Waals surface area (Å²) in [6, 6.07) is 4.54. The summed E-state index contributed by atoms with van der Waals surface area (Å²) in [6.45, 7) is 1.89. The molecule has 0 fully saturated rings. The van der Waals surface area contributed by atoms with Gasteiger partial charge in [0.15, 0.2) is 0 Å². The van der Waals surface area contributed by atoms with Crippen LogP contribution in [-0.4, -0.2) is 34.5 Å². The molecule has 1 amide bonds. The monoisotopic (exact) mass is 503 g/mol. The van der Waals surface area contributed by atoms with Crippen molar-refractivity contribution in [2.75, 3.05) is 0 Å². The number of alkyl halides is 6. The molecule has 13 heteroatoms. The maximum atomic E-state index is 13.4. The second kappa shape index (κ2) is 9.25. The van der Waals surface area contributed by atoms with Crippen molar-refractivity contribution >= 4 is 21.8 Å². The van der Waals surface area contributed by atoms with Crippen molar-refractivity contribution in [3.8, 4) is 5.75 Å². The zero-order valence-electron chi connectivity index (χ0n) is 15.6. The third kappa shape index (κ3) is 6.11. The summed E-state index contributed by atoms with van der Waals surface area (Å²) in [6.07, 6.45) is -13.9. The normalized spacial score (nSPS) is 13.2. The standard InChI is InChI=1S/C17H16BrF6N3O3/c1-3-11-12(18)13(27(2)26-11)14(28)25-8-9-4-6-10(7-5-9)29-16(20,21)15(19)30-17(22,23)24/h4-7,15H,3,8H2,1-2H3,(H,25,28). The van der Waals surface area contributed by atoms with Gasteiger partial charge in [-0.15, -0.1) is 13.2 Å². The minimum Gasteiger partial charge on any atom is -0.429 e. The number of nitrogens with zero attached hydrogens (tertiary/aromatic N) is 2. The number of hydrogen-bond donors (Lipinski definition) is 1. The fourth-order valence-electron chi connectivity index (χ4n) is 2.36. The van der Waals surface area contributed by atoms with Crippen LogP contribution in [0.15, 0.2) is 28.7 Å². The van der Waals surface area contributed by atoms with Crippen molar-refractivity contribution in [3.05, 3.63) is 45.7 Å². The maximum Gasteiger partial charge on any atom is 0.525 e. The number of carbonyl (C=O) groups is 1. The van der Waals surface area contributed by atoms with Crippen LogP contribution in [0.1, 0.15) is 28.7 Å². The third-order valence-electron chi connectivity index (χ3n) is 3.74. The summed E-state index contributed by atoms with van der Waals surface area (Å²) in [5.74, 6) is -1.03. The van der Waals surface area contributed by atoms with Gasteiger partial charge in [-0.05, 0) is 40.0 Å². The highest BCUT2D eigenvalue weighted by molar-refractivity contribution is 9.10. The van der Waals surface area contributed by atoms with Gasteiger partial charge in [-0.3, -0.25) is 9.48 Å². The molecule has 0 aliphatic rings. The van der Waals surface area contributed by atoms with Gasteiger partial charge in [0.25, 0.3) is 5.91 Å². The Bertz CT molecular complexity index is 886. The van der Waals surface area contributed by atoms with E-state index in [0.29, 0.717) is 27.8 Å². The first kappa shape index (κ1) is 24.0. The van der Waals surface area contributed by atoms with Gasteiger partial charge in [0.05, 0.1) is 10.2 Å². The van der Waals surface area contributed by atoms with Crippen LogP contribution in [-0.2, 0) is 24.8 Å². The predicted molar refractivity (Wildman–Crippen MR) is 95.5 cm³/mol. The van der Waals surface area contributed by atoms with E-state index < -0.39 is 30.5 Å². The van der Waals surface area contributed by atoms with E-state index in [2.05, 4.69) is 35.8 Å². The molecule has 0 saturated carbocycles. The van der Waals surface area contributed by atoms with E-state index in [4.69, 9.17) is 0 Å².